The quantitative estimate of drug-likeness (QED) is 0.635. The van der Waals surface area contributed by atoms with Crippen LogP contribution in [0.2, 0.25) is 0 Å². The summed E-state index contributed by atoms with van der Waals surface area (Å²) in [5.74, 6) is 0.790. The van der Waals surface area contributed by atoms with Crippen LogP contribution in [0.15, 0.2) is 29.6 Å². The molecule has 0 bridgehead atoms. The van der Waals surface area contributed by atoms with Crippen molar-refractivity contribution < 1.29 is 9.90 Å². The van der Waals surface area contributed by atoms with E-state index < -0.39 is 0 Å². The number of hydrogen-bond acceptors (Lipinski definition) is 6. The maximum absolute atomic E-state index is 12.8. The fraction of sp³-hybridized carbons (Fsp3) is 0.474. The molecule has 0 aromatic carbocycles. The summed E-state index contributed by atoms with van der Waals surface area (Å²) in [5, 5.41) is 17.1. The molecule has 1 unspecified atom stereocenters. The zero-order valence-corrected chi connectivity index (χ0v) is 16.3. The van der Waals surface area contributed by atoms with E-state index in [-0.39, 0.29) is 24.1 Å². The molecule has 0 spiro atoms. The van der Waals surface area contributed by atoms with Gasteiger partial charge in [0.05, 0.1) is 16.7 Å². The van der Waals surface area contributed by atoms with Crippen molar-refractivity contribution in [3.63, 3.8) is 0 Å². The van der Waals surface area contributed by atoms with E-state index in [2.05, 4.69) is 32.4 Å². The van der Waals surface area contributed by atoms with Crippen LogP contribution in [0, 0.1) is 6.92 Å². The Kier molecular flexibility index (Phi) is 5.12. The van der Waals surface area contributed by atoms with Crippen LogP contribution in [-0.4, -0.2) is 58.0 Å². The summed E-state index contributed by atoms with van der Waals surface area (Å²) >= 11 is 1.58. The van der Waals surface area contributed by atoms with E-state index in [1.807, 2.05) is 25.4 Å². The molecule has 4 rings (SSSR count). The number of aryl methyl sites for hydroxylation is 1. The molecule has 4 N–H and O–H groups in total. The number of aliphatic hydroxyl groups is 1. The maximum Gasteiger partial charge on any atom is 0.259 e. The van der Waals surface area contributed by atoms with Gasteiger partial charge in [-0.1, -0.05) is 0 Å². The molecule has 2 aromatic heterocycles. The van der Waals surface area contributed by atoms with Crippen molar-refractivity contribution in [2.75, 3.05) is 23.7 Å². The number of aliphatic hydroxyl groups excluding tert-OH is 1. The number of rotatable bonds is 4. The maximum atomic E-state index is 12.8. The number of amides is 1. The van der Waals surface area contributed by atoms with E-state index in [9.17, 15) is 9.90 Å². The summed E-state index contributed by atoms with van der Waals surface area (Å²) in [5.41, 5.74) is 3.07. The second-order valence-corrected chi connectivity index (χ2v) is 8.36. The fourth-order valence-corrected chi connectivity index (χ4v) is 4.66. The lowest BCUT2D eigenvalue weighted by atomic mass is 10.1. The van der Waals surface area contributed by atoms with E-state index >= 15 is 0 Å². The Bertz CT molecular complexity index is 880. The molecule has 8 heteroatoms. The first-order valence-corrected chi connectivity index (χ1v) is 10.3. The van der Waals surface area contributed by atoms with Crippen molar-refractivity contribution in [3.05, 3.63) is 35.1 Å². The van der Waals surface area contributed by atoms with E-state index in [1.54, 1.807) is 18.0 Å². The lowest BCUT2D eigenvalue weighted by molar-refractivity contribution is -0.117. The highest BCUT2D eigenvalue weighted by Gasteiger charge is 2.29. The zero-order chi connectivity index (χ0) is 19.0. The molecule has 3 atom stereocenters. The summed E-state index contributed by atoms with van der Waals surface area (Å²) in [6.07, 6.45) is 6.03. The topological polar surface area (TPSA) is 93.3 Å². The Morgan fingerprint density at radius 2 is 2.37 bits per heavy atom. The predicted molar refractivity (Wildman–Crippen MR) is 109 cm³/mol. The number of nitrogens with one attached hydrogen (secondary N) is 3. The lowest BCUT2D eigenvalue weighted by Crippen LogP contribution is -2.46. The third-order valence-electron chi connectivity index (χ3n) is 5.25. The van der Waals surface area contributed by atoms with Gasteiger partial charge in [-0.2, -0.15) is 0 Å². The predicted octanol–water partition coefficient (Wildman–Crippen LogP) is 1.49. The molecule has 1 fully saturated rings. The molecule has 7 nitrogen and oxygen atoms in total. The number of carbonyl (C=O) groups excluding carboxylic acids is 1. The van der Waals surface area contributed by atoms with Gasteiger partial charge in [-0.25, -0.2) is 4.98 Å². The second kappa shape index (κ2) is 7.53. The van der Waals surface area contributed by atoms with Crippen molar-refractivity contribution >= 4 is 34.4 Å². The highest BCUT2D eigenvalue weighted by molar-refractivity contribution is 8.04. The van der Waals surface area contributed by atoms with Crippen LogP contribution in [-0.2, 0) is 4.79 Å². The number of thioether (sulfide) groups is 1. The van der Waals surface area contributed by atoms with Crippen LogP contribution in [0.4, 0.5) is 5.69 Å². The Morgan fingerprint density at radius 3 is 3.15 bits per heavy atom. The Hall–Kier alpha value is -2.03. The molecule has 0 saturated carbocycles. The van der Waals surface area contributed by atoms with Gasteiger partial charge in [0, 0.05) is 54.9 Å². The Labute approximate surface area is 162 Å². The van der Waals surface area contributed by atoms with Crippen LogP contribution >= 0.6 is 11.8 Å². The van der Waals surface area contributed by atoms with E-state index in [1.165, 1.54) is 0 Å². The fourth-order valence-electron chi connectivity index (χ4n) is 3.76. The molecule has 2 aromatic rings. The molecule has 0 radical (unpaired) electrons. The van der Waals surface area contributed by atoms with Gasteiger partial charge in [-0.3, -0.25) is 4.79 Å². The van der Waals surface area contributed by atoms with Gasteiger partial charge in [0.2, 0.25) is 0 Å². The van der Waals surface area contributed by atoms with E-state index in [4.69, 9.17) is 0 Å². The average Bonchev–Trinajstić information content (AvgIpc) is 3.28. The number of H-pyrrole nitrogens is 1. The third kappa shape index (κ3) is 3.69. The third-order valence-corrected chi connectivity index (χ3v) is 6.24. The number of hydrogen-bond donors (Lipinski definition) is 4. The number of carbonyl (C=O) groups is 1. The first-order chi connectivity index (χ1) is 13.0. The van der Waals surface area contributed by atoms with Gasteiger partial charge < -0.3 is 25.6 Å². The van der Waals surface area contributed by atoms with Crippen molar-refractivity contribution in [1.29, 1.82) is 0 Å². The van der Waals surface area contributed by atoms with Crippen molar-refractivity contribution in [2.45, 2.75) is 38.5 Å². The number of β-amino-alcohol motifs (C(OH)–C–C–N with tert-alkyl or cyclic N) is 1. The molecule has 2 aliphatic heterocycles. The van der Waals surface area contributed by atoms with Crippen LogP contribution < -0.4 is 15.5 Å². The minimum absolute atomic E-state index is 0.0360. The minimum Gasteiger partial charge on any atom is -0.392 e. The molecule has 4 heterocycles. The molecule has 0 aliphatic carbocycles. The number of aromatic amines is 1. The smallest absolute Gasteiger partial charge is 0.259 e. The van der Waals surface area contributed by atoms with Crippen molar-refractivity contribution in [3.8, 4) is 0 Å². The largest absolute Gasteiger partial charge is 0.392 e. The van der Waals surface area contributed by atoms with Crippen LogP contribution in [0.1, 0.15) is 18.9 Å². The summed E-state index contributed by atoms with van der Waals surface area (Å²) in [6.45, 7) is 5.47. The minimum atomic E-state index is -0.327. The number of fused-ring (bicyclic) bond motifs is 1. The van der Waals surface area contributed by atoms with E-state index in [0.717, 1.165) is 34.6 Å². The molecule has 1 amide bonds. The summed E-state index contributed by atoms with van der Waals surface area (Å²) in [6, 6.07) is 2.07. The van der Waals surface area contributed by atoms with Crippen LogP contribution in [0.3, 0.4) is 0 Å². The zero-order valence-electron chi connectivity index (χ0n) is 15.5. The summed E-state index contributed by atoms with van der Waals surface area (Å²) < 4.78 is 0. The Morgan fingerprint density at radius 1 is 1.52 bits per heavy atom. The summed E-state index contributed by atoms with van der Waals surface area (Å²) in [4.78, 5) is 23.2. The Balaban J connectivity index is 1.52. The number of nitrogens with zero attached hydrogens (tertiary/aromatic N) is 2. The monoisotopic (exact) mass is 387 g/mol. The second-order valence-electron chi connectivity index (χ2n) is 7.23. The number of aromatic nitrogens is 2. The molecule has 144 valence electrons. The SMILES string of the molecule is Cc1c[nH]c2nccc(N3C=C(C(=O)NC(C)[C@@H]4C[C@H](O)CN4)SCC3)c12. The van der Waals surface area contributed by atoms with Gasteiger partial charge in [-0.15, -0.1) is 11.8 Å². The first kappa shape index (κ1) is 18.3. The number of pyridine rings is 1. The van der Waals surface area contributed by atoms with Gasteiger partial charge >= 0.3 is 0 Å². The van der Waals surface area contributed by atoms with Gasteiger partial charge in [-0.05, 0) is 31.9 Å². The molecular weight excluding hydrogens is 362 g/mol. The highest BCUT2D eigenvalue weighted by Crippen LogP contribution is 2.32. The standard InChI is InChI=1S/C19H25N5O2S/c1-11-8-22-18-17(11)15(3-4-20-18)24-5-6-27-16(10-24)19(26)23-12(2)14-7-13(25)9-21-14/h3-4,8,10,12-14,21,25H,5-7,9H2,1-2H3,(H,20,22)(H,23,26)/t12?,13-,14-/m0/s1. The van der Waals surface area contributed by atoms with Gasteiger partial charge in [0.1, 0.15) is 5.65 Å². The molecular formula is C19H25N5O2S. The first-order valence-electron chi connectivity index (χ1n) is 9.29. The average molecular weight is 388 g/mol. The van der Waals surface area contributed by atoms with Crippen molar-refractivity contribution in [1.82, 2.24) is 20.6 Å². The van der Waals surface area contributed by atoms with Gasteiger partial charge in [0.25, 0.3) is 5.91 Å². The van der Waals surface area contributed by atoms with Crippen LogP contribution in [0.25, 0.3) is 11.0 Å². The summed E-state index contributed by atoms with van der Waals surface area (Å²) in [7, 11) is 0. The normalized spacial score (nSPS) is 24.1. The molecule has 1 saturated heterocycles. The van der Waals surface area contributed by atoms with Crippen molar-refractivity contribution in [2.24, 2.45) is 0 Å². The molecule has 27 heavy (non-hydrogen) atoms. The molecule has 2 aliphatic rings. The van der Waals surface area contributed by atoms with E-state index in [0.29, 0.717) is 17.9 Å². The van der Waals surface area contributed by atoms with Gasteiger partial charge in [0.15, 0.2) is 0 Å². The number of anilines is 1. The van der Waals surface area contributed by atoms with Crippen LogP contribution in [0.5, 0.6) is 0 Å². The highest BCUT2D eigenvalue weighted by atomic mass is 32.2. The lowest BCUT2D eigenvalue weighted by Gasteiger charge is -2.28.